The number of fused-ring (bicyclic) bond motifs is 1. The molecule has 0 aliphatic heterocycles. The van der Waals surface area contributed by atoms with Crippen molar-refractivity contribution in [2.75, 3.05) is 5.73 Å². The SMILES string of the molecule is Nc1cc(Br)ccc1-c1nc2ccc(Br)cc2[nH]1. The zero-order valence-electron chi connectivity index (χ0n) is 9.24. The van der Waals surface area contributed by atoms with Crippen LogP contribution in [0, 0.1) is 0 Å². The number of aromatic nitrogens is 2. The fourth-order valence-corrected chi connectivity index (χ4v) is 2.60. The first kappa shape index (κ1) is 11.7. The number of anilines is 1. The lowest BCUT2D eigenvalue weighted by Gasteiger charge is -2.02. The van der Waals surface area contributed by atoms with E-state index in [-0.39, 0.29) is 0 Å². The summed E-state index contributed by atoms with van der Waals surface area (Å²) in [7, 11) is 0. The van der Waals surface area contributed by atoms with Crippen molar-refractivity contribution in [2.45, 2.75) is 0 Å². The van der Waals surface area contributed by atoms with Gasteiger partial charge < -0.3 is 10.7 Å². The van der Waals surface area contributed by atoms with Crippen molar-refractivity contribution >= 4 is 48.6 Å². The third kappa shape index (κ3) is 2.04. The molecular formula is C13H9Br2N3. The second kappa shape index (κ2) is 4.40. The molecule has 0 radical (unpaired) electrons. The van der Waals surface area contributed by atoms with Gasteiger partial charge in [-0.05, 0) is 36.4 Å². The van der Waals surface area contributed by atoms with E-state index in [2.05, 4.69) is 41.8 Å². The number of hydrogen-bond acceptors (Lipinski definition) is 2. The predicted molar refractivity (Wildman–Crippen MR) is 81.3 cm³/mol. The van der Waals surface area contributed by atoms with E-state index in [4.69, 9.17) is 5.73 Å². The number of benzene rings is 2. The Morgan fingerprint density at radius 2 is 1.72 bits per heavy atom. The molecule has 0 unspecified atom stereocenters. The summed E-state index contributed by atoms with van der Waals surface area (Å²) in [5.41, 5.74) is 9.52. The van der Waals surface area contributed by atoms with Crippen LogP contribution < -0.4 is 5.73 Å². The van der Waals surface area contributed by atoms with Crippen LogP contribution in [0.3, 0.4) is 0 Å². The van der Waals surface area contributed by atoms with E-state index in [0.29, 0.717) is 5.69 Å². The molecule has 3 rings (SSSR count). The molecule has 0 aliphatic carbocycles. The summed E-state index contributed by atoms with van der Waals surface area (Å²) in [6, 6.07) is 11.7. The molecule has 0 aliphatic rings. The fraction of sp³-hybridized carbons (Fsp3) is 0. The zero-order chi connectivity index (χ0) is 12.7. The Balaban J connectivity index is 2.19. The lowest BCUT2D eigenvalue weighted by molar-refractivity contribution is 1.34. The highest BCUT2D eigenvalue weighted by Crippen LogP contribution is 2.28. The lowest BCUT2D eigenvalue weighted by atomic mass is 10.2. The Labute approximate surface area is 121 Å². The van der Waals surface area contributed by atoms with Crippen molar-refractivity contribution in [3.05, 3.63) is 45.3 Å². The summed E-state index contributed by atoms with van der Waals surface area (Å²) in [4.78, 5) is 7.82. The first-order valence-electron chi connectivity index (χ1n) is 5.34. The number of nitrogen functional groups attached to an aromatic ring is 1. The Kier molecular flexibility index (Phi) is 2.87. The van der Waals surface area contributed by atoms with Gasteiger partial charge in [-0.15, -0.1) is 0 Å². The van der Waals surface area contributed by atoms with Gasteiger partial charge in [-0.2, -0.15) is 0 Å². The van der Waals surface area contributed by atoms with E-state index in [9.17, 15) is 0 Å². The van der Waals surface area contributed by atoms with E-state index >= 15 is 0 Å². The number of H-pyrrole nitrogens is 1. The quantitative estimate of drug-likeness (QED) is 0.629. The summed E-state index contributed by atoms with van der Waals surface area (Å²) < 4.78 is 1.98. The molecule has 3 N–H and O–H groups in total. The average Bonchev–Trinajstić information content (AvgIpc) is 2.71. The summed E-state index contributed by atoms with van der Waals surface area (Å²) >= 11 is 6.84. The maximum Gasteiger partial charge on any atom is 0.140 e. The van der Waals surface area contributed by atoms with E-state index in [1.165, 1.54) is 0 Å². The Morgan fingerprint density at radius 3 is 2.50 bits per heavy atom. The van der Waals surface area contributed by atoms with Crippen LogP contribution in [0.4, 0.5) is 5.69 Å². The third-order valence-corrected chi connectivity index (χ3v) is 3.70. The van der Waals surface area contributed by atoms with Crippen LogP contribution in [-0.2, 0) is 0 Å². The smallest absolute Gasteiger partial charge is 0.140 e. The van der Waals surface area contributed by atoms with Crippen molar-refractivity contribution < 1.29 is 0 Å². The summed E-state index contributed by atoms with van der Waals surface area (Å²) in [5.74, 6) is 0.785. The van der Waals surface area contributed by atoms with Crippen LogP contribution in [0.25, 0.3) is 22.4 Å². The standard InChI is InChI=1S/C13H9Br2N3/c14-7-1-3-9(10(16)5-7)13-17-11-4-2-8(15)6-12(11)18-13/h1-6H,16H2,(H,17,18). The lowest BCUT2D eigenvalue weighted by Crippen LogP contribution is -1.91. The number of hydrogen-bond donors (Lipinski definition) is 2. The number of nitrogens with two attached hydrogens (primary N) is 1. The van der Waals surface area contributed by atoms with Gasteiger partial charge in [0.25, 0.3) is 0 Å². The van der Waals surface area contributed by atoms with Gasteiger partial charge >= 0.3 is 0 Å². The number of rotatable bonds is 1. The molecule has 0 amide bonds. The maximum absolute atomic E-state index is 6.01. The molecule has 3 nitrogen and oxygen atoms in total. The van der Waals surface area contributed by atoms with E-state index in [1.807, 2.05) is 36.4 Å². The molecule has 0 bridgehead atoms. The largest absolute Gasteiger partial charge is 0.398 e. The topological polar surface area (TPSA) is 54.7 Å². The third-order valence-electron chi connectivity index (χ3n) is 2.71. The molecule has 0 saturated carbocycles. The minimum absolute atomic E-state index is 0.697. The van der Waals surface area contributed by atoms with E-state index in [0.717, 1.165) is 31.4 Å². The van der Waals surface area contributed by atoms with E-state index < -0.39 is 0 Å². The molecule has 5 heteroatoms. The van der Waals surface area contributed by atoms with Gasteiger partial charge in [-0.3, -0.25) is 0 Å². The first-order chi connectivity index (χ1) is 8.63. The van der Waals surface area contributed by atoms with Gasteiger partial charge in [0.2, 0.25) is 0 Å². The zero-order valence-corrected chi connectivity index (χ0v) is 12.4. The molecule has 0 saturated heterocycles. The molecule has 0 fully saturated rings. The van der Waals surface area contributed by atoms with Crippen molar-refractivity contribution in [2.24, 2.45) is 0 Å². The summed E-state index contributed by atoms with van der Waals surface area (Å²) in [6.07, 6.45) is 0. The first-order valence-corrected chi connectivity index (χ1v) is 6.93. The van der Waals surface area contributed by atoms with Crippen LogP contribution in [0.15, 0.2) is 45.3 Å². The van der Waals surface area contributed by atoms with Gasteiger partial charge in [0.05, 0.1) is 11.0 Å². The van der Waals surface area contributed by atoms with Gasteiger partial charge in [0, 0.05) is 20.2 Å². The highest BCUT2D eigenvalue weighted by molar-refractivity contribution is 9.10. The second-order valence-electron chi connectivity index (χ2n) is 3.98. The van der Waals surface area contributed by atoms with Gasteiger partial charge in [-0.25, -0.2) is 4.98 Å². The fourth-order valence-electron chi connectivity index (χ4n) is 1.86. The molecule has 0 spiro atoms. The number of nitrogens with zero attached hydrogens (tertiary/aromatic N) is 1. The van der Waals surface area contributed by atoms with Crippen LogP contribution in [0.5, 0.6) is 0 Å². The molecule has 1 heterocycles. The maximum atomic E-state index is 6.01. The van der Waals surface area contributed by atoms with Crippen LogP contribution >= 0.6 is 31.9 Å². The van der Waals surface area contributed by atoms with Crippen LogP contribution in [-0.4, -0.2) is 9.97 Å². The summed E-state index contributed by atoms with van der Waals surface area (Å²) in [6.45, 7) is 0. The van der Waals surface area contributed by atoms with Gasteiger partial charge in [0.15, 0.2) is 0 Å². The molecule has 0 atom stereocenters. The Morgan fingerprint density at radius 1 is 1.00 bits per heavy atom. The number of nitrogens with one attached hydrogen (secondary N) is 1. The van der Waals surface area contributed by atoms with Crippen LogP contribution in [0.2, 0.25) is 0 Å². The van der Waals surface area contributed by atoms with E-state index in [1.54, 1.807) is 0 Å². The average molecular weight is 367 g/mol. The number of imidazole rings is 1. The molecular weight excluding hydrogens is 358 g/mol. The van der Waals surface area contributed by atoms with Crippen LogP contribution in [0.1, 0.15) is 0 Å². The number of halogens is 2. The van der Waals surface area contributed by atoms with Crippen molar-refractivity contribution in [3.63, 3.8) is 0 Å². The number of aromatic amines is 1. The second-order valence-corrected chi connectivity index (χ2v) is 5.81. The normalized spacial score (nSPS) is 11.0. The minimum Gasteiger partial charge on any atom is -0.398 e. The highest BCUT2D eigenvalue weighted by Gasteiger charge is 2.08. The molecule has 90 valence electrons. The molecule has 18 heavy (non-hydrogen) atoms. The summed E-state index contributed by atoms with van der Waals surface area (Å²) in [5, 5.41) is 0. The predicted octanol–water partition coefficient (Wildman–Crippen LogP) is 4.34. The van der Waals surface area contributed by atoms with Crippen molar-refractivity contribution in [1.29, 1.82) is 0 Å². The molecule has 3 aromatic rings. The minimum atomic E-state index is 0.697. The monoisotopic (exact) mass is 365 g/mol. The highest BCUT2D eigenvalue weighted by atomic mass is 79.9. The van der Waals surface area contributed by atoms with Crippen molar-refractivity contribution in [1.82, 2.24) is 9.97 Å². The van der Waals surface area contributed by atoms with Gasteiger partial charge in [0.1, 0.15) is 5.82 Å². The Hall–Kier alpha value is -1.33. The molecule has 2 aromatic carbocycles. The molecule has 1 aromatic heterocycles. The van der Waals surface area contributed by atoms with Gasteiger partial charge in [-0.1, -0.05) is 31.9 Å². The Bertz CT molecular complexity index is 734. The van der Waals surface area contributed by atoms with Crippen molar-refractivity contribution in [3.8, 4) is 11.4 Å².